The van der Waals surface area contributed by atoms with E-state index >= 15 is 0 Å². The Morgan fingerprint density at radius 3 is 3.05 bits per heavy atom. The van der Waals surface area contributed by atoms with Crippen LogP contribution in [0.2, 0.25) is 0 Å². The number of anilines is 1. The maximum Gasteiger partial charge on any atom is 0.141 e. The lowest BCUT2D eigenvalue weighted by atomic mass is 9.92. The van der Waals surface area contributed by atoms with E-state index in [0.29, 0.717) is 6.54 Å². The van der Waals surface area contributed by atoms with Gasteiger partial charge < -0.3 is 10.6 Å². The van der Waals surface area contributed by atoms with Gasteiger partial charge in [-0.1, -0.05) is 24.3 Å². The molecule has 106 valence electrons. The Labute approximate surface area is 127 Å². The van der Waals surface area contributed by atoms with Crippen molar-refractivity contribution in [2.75, 3.05) is 18.0 Å². The largest absolute Gasteiger partial charge is 0.347 e. The first-order valence-electron chi connectivity index (χ1n) is 7.11. The molecule has 0 fully saturated rings. The zero-order valence-corrected chi connectivity index (χ0v) is 12.4. The summed E-state index contributed by atoms with van der Waals surface area (Å²) in [4.78, 5) is 12.3. The summed E-state index contributed by atoms with van der Waals surface area (Å²) in [7, 11) is 0. The smallest absolute Gasteiger partial charge is 0.141 e. The highest BCUT2D eigenvalue weighted by Gasteiger charge is 2.28. The summed E-state index contributed by atoms with van der Waals surface area (Å²) in [5.74, 6) is 1.01. The number of hydrogen-bond acceptors (Lipinski definition) is 5. The first-order valence-corrected chi connectivity index (χ1v) is 7.99. The van der Waals surface area contributed by atoms with Crippen molar-refractivity contribution in [2.24, 2.45) is 5.73 Å². The van der Waals surface area contributed by atoms with Crippen LogP contribution in [0.15, 0.2) is 42.0 Å². The second-order valence-corrected chi connectivity index (χ2v) is 6.12. The molecule has 2 N–H and O–H groups in total. The van der Waals surface area contributed by atoms with Gasteiger partial charge in [0, 0.05) is 13.1 Å². The molecule has 5 heteroatoms. The molecule has 1 aliphatic heterocycles. The van der Waals surface area contributed by atoms with Gasteiger partial charge in [-0.05, 0) is 29.0 Å². The summed E-state index contributed by atoms with van der Waals surface area (Å²) in [5, 5.41) is 3.19. The third-order valence-corrected chi connectivity index (χ3v) is 4.97. The summed E-state index contributed by atoms with van der Waals surface area (Å²) in [6.07, 6.45) is 2.69. The predicted octanol–water partition coefficient (Wildman–Crippen LogP) is 2.75. The lowest BCUT2D eigenvalue weighted by molar-refractivity contribution is 0.586. The summed E-state index contributed by atoms with van der Waals surface area (Å²) >= 11 is 1.65. The van der Waals surface area contributed by atoms with Gasteiger partial charge in [0.2, 0.25) is 0 Å². The quantitative estimate of drug-likeness (QED) is 0.790. The number of rotatable bonds is 2. The van der Waals surface area contributed by atoms with E-state index in [9.17, 15) is 0 Å². The third kappa shape index (κ3) is 2.01. The maximum absolute atomic E-state index is 6.08. The van der Waals surface area contributed by atoms with E-state index in [1.807, 2.05) is 0 Å². The molecular formula is C16H16N4S. The van der Waals surface area contributed by atoms with Crippen LogP contribution in [-0.2, 0) is 6.42 Å². The number of nitrogens with two attached hydrogens (primary N) is 1. The lowest BCUT2D eigenvalue weighted by Gasteiger charge is -2.37. The Morgan fingerprint density at radius 1 is 1.24 bits per heavy atom. The van der Waals surface area contributed by atoms with Gasteiger partial charge in [-0.25, -0.2) is 9.97 Å². The first kappa shape index (κ1) is 12.7. The molecule has 1 aliphatic rings. The second-order valence-electron chi connectivity index (χ2n) is 5.23. The van der Waals surface area contributed by atoms with Crippen LogP contribution in [0.3, 0.4) is 0 Å². The minimum atomic E-state index is 0.188. The Bertz CT molecular complexity index is 783. The van der Waals surface area contributed by atoms with E-state index in [0.717, 1.165) is 29.0 Å². The molecule has 0 amide bonds. The van der Waals surface area contributed by atoms with E-state index in [4.69, 9.17) is 5.73 Å². The lowest BCUT2D eigenvalue weighted by Crippen LogP contribution is -2.40. The second kappa shape index (κ2) is 5.09. The summed E-state index contributed by atoms with van der Waals surface area (Å²) in [5.41, 5.74) is 8.81. The highest BCUT2D eigenvalue weighted by atomic mass is 32.1. The maximum atomic E-state index is 6.08. The van der Waals surface area contributed by atoms with Crippen molar-refractivity contribution >= 4 is 27.4 Å². The van der Waals surface area contributed by atoms with Gasteiger partial charge in [-0.3, -0.25) is 0 Å². The van der Waals surface area contributed by atoms with Crippen molar-refractivity contribution < 1.29 is 0 Å². The summed E-state index contributed by atoms with van der Waals surface area (Å²) in [6, 6.07) is 10.9. The van der Waals surface area contributed by atoms with Crippen LogP contribution in [0.25, 0.3) is 10.2 Å². The molecule has 4 rings (SSSR count). The van der Waals surface area contributed by atoms with Gasteiger partial charge in [-0.2, -0.15) is 0 Å². The average molecular weight is 296 g/mol. The van der Waals surface area contributed by atoms with Crippen LogP contribution in [0.4, 0.5) is 5.82 Å². The standard InChI is InChI=1S/C16H16N4S/c17-9-14-12-4-2-1-3-11(12)5-7-20(14)15-13-6-8-21-16(13)19-10-18-15/h1-4,6,8,10,14H,5,7,9,17H2. The fourth-order valence-corrected chi connectivity index (χ4v) is 3.89. The predicted molar refractivity (Wildman–Crippen MR) is 86.7 cm³/mol. The van der Waals surface area contributed by atoms with Gasteiger partial charge in [0.15, 0.2) is 0 Å². The average Bonchev–Trinajstić information content (AvgIpc) is 3.02. The van der Waals surface area contributed by atoms with E-state index in [1.165, 1.54) is 11.1 Å². The molecule has 1 aromatic carbocycles. The molecule has 21 heavy (non-hydrogen) atoms. The Balaban J connectivity index is 1.84. The van der Waals surface area contributed by atoms with Crippen LogP contribution in [0.5, 0.6) is 0 Å². The Hall–Kier alpha value is -1.98. The van der Waals surface area contributed by atoms with Crippen molar-refractivity contribution in [1.29, 1.82) is 0 Å². The molecule has 3 aromatic rings. The van der Waals surface area contributed by atoms with Crippen LogP contribution < -0.4 is 10.6 Å². The highest BCUT2D eigenvalue weighted by Crippen LogP contribution is 2.36. The van der Waals surface area contributed by atoms with E-state index < -0.39 is 0 Å². The number of fused-ring (bicyclic) bond motifs is 2. The zero-order valence-electron chi connectivity index (χ0n) is 11.6. The molecule has 0 saturated heterocycles. The normalized spacial score (nSPS) is 18.0. The van der Waals surface area contributed by atoms with Gasteiger partial charge in [0.25, 0.3) is 0 Å². The first-order chi connectivity index (χ1) is 10.4. The highest BCUT2D eigenvalue weighted by molar-refractivity contribution is 7.16. The third-order valence-electron chi connectivity index (χ3n) is 4.15. The fraction of sp³-hybridized carbons (Fsp3) is 0.250. The molecule has 0 spiro atoms. The van der Waals surface area contributed by atoms with Crippen molar-refractivity contribution in [2.45, 2.75) is 12.5 Å². The van der Waals surface area contributed by atoms with Gasteiger partial charge in [0.05, 0.1) is 11.4 Å². The molecular weight excluding hydrogens is 280 g/mol. The summed E-state index contributed by atoms with van der Waals surface area (Å²) in [6.45, 7) is 1.54. The van der Waals surface area contributed by atoms with Crippen LogP contribution in [-0.4, -0.2) is 23.1 Å². The van der Waals surface area contributed by atoms with Crippen molar-refractivity contribution in [3.05, 3.63) is 53.2 Å². The molecule has 1 atom stereocenters. The van der Waals surface area contributed by atoms with Crippen LogP contribution in [0.1, 0.15) is 17.2 Å². The molecule has 0 saturated carbocycles. The molecule has 0 aliphatic carbocycles. The molecule has 2 aromatic heterocycles. The topological polar surface area (TPSA) is 55.0 Å². The van der Waals surface area contributed by atoms with E-state index in [1.54, 1.807) is 17.7 Å². The summed E-state index contributed by atoms with van der Waals surface area (Å²) < 4.78 is 0. The van der Waals surface area contributed by atoms with E-state index in [-0.39, 0.29) is 6.04 Å². The fourth-order valence-electron chi connectivity index (χ4n) is 3.17. The number of benzene rings is 1. The number of hydrogen-bond donors (Lipinski definition) is 1. The SMILES string of the molecule is NCC1c2ccccc2CCN1c1ncnc2sccc12. The van der Waals surface area contributed by atoms with Crippen molar-refractivity contribution in [1.82, 2.24) is 9.97 Å². The Morgan fingerprint density at radius 2 is 2.14 bits per heavy atom. The van der Waals surface area contributed by atoms with E-state index in [2.05, 4.69) is 50.6 Å². The van der Waals surface area contributed by atoms with Crippen LogP contribution in [0, 0.1) is 0 Å². The monoisotopic (exact) mass is 296 g/mol. The molecule has 1 unspecified atom stereocenters. The van der Waals surface area contributed by atoms with Gasteiger partial charge >= 0.3 is 0 Å². The van der Waals surface area contributed by atoms with Crippen LogP contribution >= 0.6 is 11.3 Å². The number of nitrogens with zero attached hydrogens (tertiary/aromatic N) is 3. The number of thiophene rings is 1. The van der Waals surface area contributed by atoms with Crippen molar-refractivity contribution in [3.8, 4) is 0 Å². The van der Waals surface area contributed by atoms with Gasteiger partial charge in [0.1, 0.15) is 17.0 Å². The van der Waals surface area contributed by atoms with Crippen molar-refractivity contribution in [3.63, 3.8) is 0 Å². The zero-order chi connectivity index (χ0) is 14.2. The van der Waals surface area contributed by atoms with Gasteiger partial charge in [-0.15, -0.1) is 11.3 Å². The molecule has 0 radical (unpaired) electrons. The molecule has 4 nitrogen and oxygen atoms in total. The number of aromatic nitrogens is 2. The minimum absolute atomic E-state index is 0.188. The Kier molecular flexibility index (Phi) is 3.09. The minimum Gasteiger partial charge on any atom is -0.347 e. The molecule has 3 heterocycles. The molecule has 0 bridgehead atoms.